The van der Waals surface area contributed by atoms with Gasteiger partial charge >= 0.3 is 0 Å². The van der Waals surface area contributed by atoms with Crippen molar-refractivity contribution < 1.29 is 18.8 Å². The summed E-state index contributed by atoms with van der Waals surface area (Å²) >= 11 is 6.10. The molecule has 0 radical (unpaired) electrons. The van der Waals surface area contributed by atoms with Gasteiger partial charge in [-0.05, 0) is 32.4 Å². The Kier molecular flexibility index (Phi) is 5.73. The number of hydrogen-bond acceptors (Lipinski definition) is 5. The number of ether oxygens (including phenoxy) is 2. The lowest BCUT2D eigenvalue weighted by molar-refractivity contribution is -0.0739. The lowest BCUT2D eigenvalue weighted by atomic mass is 10.0. The van der Waals surface area contributed by atoms with Crippen molar-refractivity contribution in [3.63, 3.8) is 0 Å². The average molecular weight is 365 g/mol. The first-order chi connectivity index (χ1) is 12.1. The van der Waals surface area contributed by atoms with Crippen LogP contribution in [-0.2, 0) is 16.1 Å². The van der Waals surface area contributed by atoms with Crippen molar-refractivity contribution in [3.05, 3.63) is 51.9 Å². The van der Waals surface area contributed by atoms with Crippen LogP contribution in [0.5, 0.6) is 0 Å². The van der Waals surface area contributed by atoms with Crippen molar-refractivity contribution in [3.8, 4) is 0 Å². The van der Waals surface area contributed by atoms with E-state index in [-0.39, 0.29) is 18.1 Å². The monoisotopic (exact) mass is 364 g/mol. The summed E-state index contributed by atoms with van der Waals surface area (Å²) in [5.41, 5.74) is 2.20. The quantitative estimate of drug-likeness (QED) is 0.882. The number of carbonyl (C=O) groups excluding carboxylic acids is 1. The highest BCUT2D eigenvalue weighted by atomic mass is 35.5. The first kappa shape index (κ1) is 17.9. The number of aryl methyl sites for hydroxylation is 2. The van der Waals surface area contributed by atoms with Crippen LogP contribution in [0.15, 0.2) is 28.8 Å². The number of aromatic nitrogens is 1. The van der Waals surface area contributed by atoms with Crippen LogP contribution in [0.25, 0.3) is 0 Å². The lowest BCUT2D eigenvalue weighted by Gasteiger charge is -2.32. The van der Waals surface area contributed by atoms with E-state index in [1.165, 1.54) is 0 Å². The molecule has 0 spiro atoms. The number of carbonyl (C=O) groups is 1. The van der Waals surface area contributed by atoms with Crippen molar-refractivity contribution in [2.75, 3.05) is 13.2 Å². The zero-order valence-electron chi connectivity index (χ0n) is 14.3. The molecule has 1 amide bonds. The zero-order valence-corrected chi connectivity index (χ0v) is 15.0. The number of nitrogens with one attached hydrogen (secondary N) is 1. The van der Waals surface area contributed by atoms with Gasteiger partial charge in [0.1, 0.15) is 11.9 Å². The zero-order chi connectivity index (χ0) is 17.8. The standard InChI is InChI=1S/C18H21ClN2O4/c1-11-14(12(2)25-21-11)9-24-17-10-23-8-7-16(17)20-18(22)13-5-3-4-6-15(13)19/h3-6,16-17H,7-10H2,1-2H3,(H,20,22)/t16-,17-/m1/s1. The molecule has 25 heavy (non-hydrogen) atoms. The van der Waals surface area contributed by atoms with Gasteiger partial charge < -0.3 is 19.3 Å². The van der Waals surface area contributed by atoms with Gasteiger partial charge in [0.2, 0.25) is 0 Å². The van der Waals surface area contributed by atoms with Gasteiger partial charge in [-0.25, -0.2) is 0 Å². The van der Waals surface area contributed by atoms with Crippen LogP contribution >= 0.6 is 11.6 Å². The van der Waals surface area contributed by atoms with Gasteiger partial charge in [0.05, 0.1) is 35.5 Å². The van der Waals surface area contributed by atoms with Crippen LogP contribution in [-0.4, -0.2) is 36.4 Å². The second-order valence-electron chi connectivity index (χ2n) is 6.08. The maximum absolute atomic E-state index is 12.5. The Morgan fingerprint density at radius 1 is 1.40 bits per heavy atom. The third-order valence-corrected chi connectivity index (χ3v) is 4.69. The molecule has 1 saturated heterocycles. The molecule has 1 fully saturated rings. The third kappa shape index (κ3) is 4.21. The van der Waals surface area contributed by atoms with Crippen molar-refractivity contribution in [2.24, 2.45) is 0 Å². The van der Waals surface area contributed by atoms with E-state index in [1.807, 2.05) is 13.8 Å². The van der Waals surface area contributed by atoms with Crippen molar-refractivity contribution in [2.45, 2.75) is 39.0 Å². The molecule has 1 aliphatic rings. The fraction of sp³-hybridized carbons (Fsp3) is 0.444. The van der Waals surface area contributed by atoms with Crippen molar-refractivity contribution in [1.82, 2.24) is 10.5 Å². The SMILES string of the molecule is Cc1noc(C)c1CO[C@@H]1COCC[C@H]1NC(=O)c1ccccc1Cl. The molecular weight excluding hydrogens is 344 g/mol. The Balaban J connectivity index is 1.65. The minimum absolute atomic E-state index is 0.141. The second-order valence-corrected chi connectivity index (χ2v) is 6.48. The van der Waals surface area contributed by atoms with Crippen LogP contribution in [0.4, 0.5) is 0 Å². The van der Waals surface area contributed by atoms with E-state index in [0.29, 0.717) is 36.8 Å². The van der Waals surface area contributed by atoms with Gasteiger partial charge in [-0.3, -0.25) is 4.79 Å². The first-order valence-corrected chi connectivity index (χ1v) is 8.60. The molecule has 0 unspecified atom stereocenters. The highest BCUT2D eigenvalue weighted by Crippen LogP contribution is 2.20. The van der Waals surface area contributed by atoms with Gasteiger partial charge in [0.15, 0.2) is 0 Å². The second kappa shape index (κ2) is 7.99. The Morgan fingerprint density at radius 3 is 2.92 bits per heavy atom. The molecule has 7 heteroatoms. The minimum Gasteiger partial charge on any atom is -0.379 e. The number of hydrogen-bond donors (Lipinski definition) is 1. The van der Waals surface area contributed by atoms with E-state index < -0.39 is 0 Å². The van der Waals surface area contributed by atoms with E-state index in [4.69, 9.17) is 25.6 Å². The molecule has 0 bridgehead atoms. The maximum atomic E-state index is 12.5. The van der Waals surface area contributed by atoms with Gasteiger partial charge in [-0.2, -0.15) is 0 Å². The summed E-state index contributed by atoms with van der Waals surface area (Å²) in [7, 11) is 0. The lowest BCUT2D eigenvalue weighted by Crippen LogP contribution is -2.50. The Morgan fingerprint density at radius 2 is 2.20 bits per heavy atom. The fourth-order valence-electron chi connectivity index (χ4n) is 2.83. The van der Waals surface area contributed by atoms with Crippen molar-refractivity contribution in [1.29, 1.82) is 0 Å². The van der Waals surface area contributed by atoms with E-state index in [2.05, 4.69) is 10.5 Å². The van der Waals surface area contributed by atoms with E-state index in [9.17, 15) is 4.79 Å². The minimum atomic E-state index is -0.242. The summed E-state index contributed by atoms with van der Waals surface area (Å²) in [5, 5.41) is 7.37. The Hall–Kier alpha value is -1.89. The topological polar surface area (TPSA) is 73.6 Å². The predicted molar refractivity (Wildman–Crippen MR) is 92.7 cm³/mol. The van der Waals surface area contributed by atoms with Gasteiger partial charge in [-0.1, -0.05) is 28.9 Å². The summed E-state index contributed by atoms with van der Waals surface area (Å²) in [5.74, 6) is 0.536. The highest BCUT2D eigenvalue weighted by molar-refractivity contribution is 6.33. The molecular formula is C18H21ClN2O4. The average Bonchev–Trinajstić information content (AvgIpc) is 2.93. The normalized spacial score (nSPS) is 20.4. The first-order valence-electron chi connectivity index (χ1n) is 8.22. The van der Waals surface area contributed by atoms with E-state index in [0.717, 1.165) is 17.0 Å². The van der Waals surface area contributed by atoms with Crippen LogP contribution in [0.3, 0.4) is 0 Å². The van der Waals surface area contributed by atoms with Gasteiger partial charge in [0, 0.05) is 12.2 Å². The molecule has 3 rings (SSSR count). The van der Waals surface area contributed by atoms with Crippen LogP contribution in [0, 0.1) is 13.8 Å². The maximum Gasteiger partial charge on any atom is 0.253 e. The van der Waals surface area contributed by atoms with Crippen molar-refractivity contribution >= 4 is 17.5 Å². The molecule has 6 nitrogen and oxygen atoms in total. The van der Waals surface area contributed by atoms with E-state index in [1.54, 1.807) is 24.3 Å². The largest absolute Gasteiger partial charge is 0.379 e. The molecule has 1 aromatic carbocycles. The number of amides is 1. The van der Waals surface area contributed by atoms with Gasteiger partial charge in [-0.15, -0.1) is 0 Å². The molecule has 2 aromatic rings. The molecule has 1 N–H and O–H groups in total. The molecule has 1 aliphatic heterocycles. The van der Waals surface area contributed by atoms with Gasteiger partial charge in [0.25, 0.3) is 5.91 Å². The summed E-state index contributed by atoms with van der Waals surface area (Å²) in [4.78, 5) is 12.5. The predicted octanol–water partition coefficient (Wildman–Crippen LogP) is 3.05. The Labute approximate surface area is 151 Å². The summed E-state index contributed by atoms with van der Waals surface area (Å²) in [6.07, 6.45) is 0.441. The van der Waals surface area contributed by atoms with Crippen LogP contribution in [0.1, 0.15) is 33.8 Å². The Bertz CT molecular complexity index is 727. The number of halogens is 1. The van der Waals surface area contributed by atoms with Crippen LogP contribution < -0.4 is 5.32 Å². The van der Waals surface area contributed by atoms with E-state index >= 15 is 0 Å². The molecule has 134 valence electrons. The molecule has 0 saturated carbocycles. The summed E-state index contributed by atoms with van der Waals surface area (Å²) in [6, 6.07) is 6.85. The molecule has 2 heterocycles. The summed E-state index contributed by atoms with van der Waals surface area (Å²) < 4.78 is 16.7. The number of nitrogens with zero attached hydrogens (tertiary/aromatic N) is 1. The molecule has 0 aliphatic carbocycles. The fourth-order valence-corrected chi connectivity index (χ4v) is 3.05. The third-order valence-electron chi connectivity index (χ3n) is 4.36. The highest BCUT2D eigenvalue weighted by Gasteiger charge is 2.29. The molecule has 2 atom stereocenters. The number of rotatable bonds is 5. The summed E-state index contributed by atoms with van der Waals surface area (Å²) in [6.45, 7) is 5.11. The van der Waals surface area contributed by atoms with Crippen LogP contribution in [0.2, 0.25) is 5.02 Å². The smallest absolute Gasteiger partial charge is 0.253 e. The number of benzene rings is 1. The molecule has 1 aromatic heterocycles.